The Labute approximate surface area is 169 Å². The zero-order valence-corrected chi connectivity index (χ0v) is 17.2. The second-order valence-corrected chi connectivity index (χ2v) is 8.98. The van der Waals surface area contributed by atoms with Crippen molar-refractivity contribution in [3.63, 3.8) is 0 Å². The first kappa shape index (κ1) is 19.5. The molecule has 2 aliphatic carbocycles. The van der Waals surface area contributed by atoms with Gasteiger partial charge in [-0.2, -0.15) is 0 Å². The van der Waals surface area contributed by atoms with Gasteiger partial charge >= 0.3 is 0 Å². The summed E-state index contributed by atoms with van der Waals surface area (Å²) >= 11 is 0. The zero-order valence-electron chi connectivity index (χ0n) is 17.2. The lowest BCUT2D eigenvalue weighted by atomic mass is 9.70. The van der Waals surface area contributed by atoms with E-state index in [1.54, 1.807) is 0 Å². The highest BCUT2D eigenvalue weighted by molar-refractivity contribution is 6.02. The van der Waals surface area contributed by atoms with Crippen molar-refractivity contribution < 1.29 is 9.59 Å². The number of amides is 2. The lowest BCUT2D eigenvalue weighted by Gasteiger charge is -2.50. The van der Waals surface area contributed by atoms with E-state index in [0.29, 0.717) is 6.04 Å². The molecule has 1 atom stereocenters. The lowest BCUT2D eigenvalue weighted by Crippen LogP contribution is -2.61. The van der Waals surface area contributed by atoms with Gasteiger partial charge in [-0.05, 0) is 43.7 Å². The van der Waals surface area contributed by atoms with Crippen LogP contribution in [-0.4, -0.2) is 34.8 Å². The first-order valence-electron chi connectivity index (χ1n) is 11.4. The molecule has 3 aliphatic rings. The van der Waals surface area contributed by atoms with Gasteiger partial charge in [0.15, 0.2) is 0 Å². The summed E-state index contributed by atoms with van der Waals surface area (Å²) in [7, 11) is 0. The Balaban J connectivity index is 1.72. The predicted octanol–water partition coefficient (Wildman–Crippen LogP) is 4.79. The average Bonchev–Trinajstić information content (AvgIpc) is 3.18. The second kappa shape index (κ2) is 8.26. The average molecular weight is 383 g/mol. The molecule has 0 bridgehead atoms. The number of carbonyl (C=O) groups excluding carboxylic acids is 2. The fourth-order valence-electron chi connectivity index (χ4n) is 5.84. The highest BCUT2D eigenvalue weighted by Crippen LogP contribution is 2.50. The van der Waals surface area contributed by atoms with Gasteiger partial charge in [0, 0.05) is 18.2 Å². The number of unbranched alkanes of at least 4 members (excludes halogenated alkanes) is 1. The van der Waals surface area contributed by atoms with Crippen LogP contribution in [0.4, 0.5) is 0 Å². The molecular weight excluding hydrogens is 348 g/mol. The number of fused-ring (bicyclic) bond motifs is 1. The van der Waals surface area contributed by atoms with Crippen LogP contribution in [0.1, 0.15) is 99.4 Å². The van der Waals surface area contributed by atoms with E-state index in [9.17, 15) is 9.59 Å². The van der Waals surface area contributed by atoms with E-state index < -0.39 is 0 Å². The highest BCUT2D eigenvalue weighted by atomic mass is 16.2. The lowest BCUT2D eigenvalue weighted by molar-refractivity contribution is -0.127. The molecule has 0 unspecified atom stereocenters. The molecule has 1 heterocycles. The summed E-state index contributed by atoms with van der Waals surface area (Å²) in [6.45, 7) is 2.92. The van der Waals surface area contributed by atoms with Crippen molar-refractivity contribution in [3.8, 4) is 0 Å². The number of nitrogens with one attached hydrogen (secondary N) is 1. The van der Waals surface area contributed by atoms with Gasteiger partial charge in [-0.15, -0.1) is 0 Å². The molecule has 28 heavy (non-hydrogen) atoms. The number of benzene rings is 1. The molecule has 4 heteroatoms. The molecule has 152 valence electrons. The highest BCUT2D eigenvalue weighted by Gasteiger charge is 2.55. The monoisotopic (exact) mass is 382 g/mol. The van der Waals surface area contributed by atoms with Gasteiger partial charge in [0.25, 0.3) is 5.91 Å². The van der Waals surface area contributed by atoms with Gasteiger partial charge in [0.05, 0.1) is 11.5 Å². The SMILES string of the molecule is CCCCN1C(=O)c2ccccc2[C@@H](C(=O)NC2CCCCC2)C12CCCC2. The minimum absolute atomic E-state index is 0.132. The number of hydrogen-bond acceptors (Lipinski definition) is 2. The third kappa shape index (κ3) is 3.35. The molecule has 0 aromatic heterocycles. The van der Waals surface area contributed by atoms with Crippen molar-refractivity contribution in [1.29, 1.82) is 0 Å². The summed E-state index contributed by atoms with van der Waals surface area (Å²) in [6, 6.07) is 8.15. The number of carbonyl (C=O) groups is 2. The van der Waals surface area contributed by atoms with E-state index in [1.807, 2.05) is 24.3 Å². The van der Waals surface area contributed by atoms with Gasteiger partial charge in [-0.3, -0.25) is 9.59 Å². The Kier molecular flexibility index (Phi) is 5.75. The Bertz CT molecular complexity index is 717. The van der Waals surface area contributed by atoms with Crippen LogP contribution in [0.2, 0.25) is 0 Å². The third-order valence-corrected chi connectivity index (χ3v) is 7.24. The van der Waals surface area contributed by atoms with Crippen LogP contribution < -0.4 is 5.32 Å². The number of hydrogen-bond donors (Lipinski definition) is 1. The molecule has 1 N–H and O–H groups in total. The van der Waals surface area contributed by atoms with Crippen LogP contribution in [0.5, 0.6) is 0 Å². The standard InChI is InChI=1S/C24H34N2O2/c1-2-3-17-26-23(28)20-14-8-7-13-19(20)21(24(26)15-9-10-16-24)22(27)25-18-11-5-4-6-12-18/h7-8,13-14,18,21H,2-6,9-12,15-17H2,1H3,(H,25,27)/t21-/m0/s1. The normalized spacial score (nSPS) is 24.4. The van der Waals surface area contributed by atoms with Crippen molar-refractivity contribution >= 4 is 11.8 Å². The minimum atomic E-state index is -0.334. The first-order chi connectivity index (χ1) is 13.7. The smallest absolute Gasteiger partial charge is 0.254 e. The fourth-order valence-corrected chi connectivity index (χ4v) is 5.84. The summed E-state index contributed by atoms with van der Waals surface area (Å²) in [4.78, 5) is 29.2. The molecule has 0 saturated heterocycles. The fraction of sp³-hybridized carbons (Fsp3) is 0.667. The van der Waals surface area contributed by atoms with E-state index in [0.717, 1.165) is 69.0 Å². The van der Waals surface area contributed by atoms with Crippen LogP contribution in [-0.2, 0) is 4.79 Å². The molecular formula is C24H34N2O2. The molecule has 1 aromatic carbocycles. The van der Waals surface area contributed by atoms with Crippen LogP contribution >= 0.6 is 0 Å². The van der Waals surface area contributed by atoms with E-state index in [2.05, 4.69) is 17.1 Å². The summed E-state index contributed by atoms with van der Waals surface area (Å²) in [5.74, 6) is 0.0468. The van der Waals surface area contributed by atoms with E-state index in [-0.39, 0.29) is 23.3 Å². The van der Waals surface area contributed by atoms with Gasteiger partial charge in [-0.25, -0.2) is 0 Å². The van der Waals surface area contributed by atoms with Crippen molar-refractivity contribution in [2.75, 3.05) is 6.54 Å². The molecule has 0 radical (unpaired) electrons. The predicted molar refractivity (Wildman–Crippen MR) is 111 cm³/mol. The van der Waals surface area contributed by atoms with E-state index in [1.165, 1.54) is 19.3 Å². The van der Waals surface area contributed by atoms with Crippen LogP contribution in [0.15, 0.2) is 24.3 Å². The topological polar surface area (TPSA) is 49.4 Å². The van der Waals surface area contributed by atoms with Crippen molar-refractivity contribution in [2.45, 2.75) is 95.1 Å². The first-order valence-corrected chi connectivity index (χ1v) is 11.4. The Morgan fingerprint density at radius 2 is 1.82 bits per heavy atom. The second-order valence-electron chi connectivity index (χ2n) is 8.98. The quantitative estimate of drug-likeness (QED) is 0.796. The Hall–Kier alpha value is -1.84. The minimum Gasteiger partial charge on any atom is -0.353 e. The molecule has 2 amide bonds. The van der Waals surface area contributed by atoms with E-state index in [4.69, 9.17) is 0 Å². The van der Waals surface area contributed by atoms with Gasteiger partial charge in [-0.1, -0.05) is 63.6 Å². The van der Waals surface area contributed by atoms with Gasteiger partial charge in [0.1, 0.15) is 0 Å². The summed E-state index contributed by atoms with van der Waals surface area (Å²) in [5, 5.41) is 3.40. The van der Waals surface area contributed by atoms with Gasteiger partial charge in [0.2, 0.25) is 5.91 Å². The molecule has 2 saturated carbocycles. The molecule has 1 aromatic rings. The van der Waals surface area contributed by atoms with Crippen LogP contribution in [0.25, 0.3) is 0 Å². The molecule has 1 aliphatic heterocycles. The Morgan fingerprint density at radius 1 is 1.11 bits per heavy atom. The van der Waals surface area contributed by atoms with Gasteiger partial charge < -0.3 is 10.2 Å². The summed E-state index contributed by atoms with van der Waals surface area (Å²) < 4.78 is 0. The van der Waals surface area contributed by atoms with Crippen molar-refractivity contribution in [1.82, 2.24) is 10.2 Å². The summed E-state index contributed by atoms with van der Waals surface area (Å²) in [6.07, 6.45) is 12.0. The summed E-state index contributed by atoms with van der Waals surface area (Å²) in [5.41, 5.74) is 1.36. The number of rotatable bonds is 5. The van der Waals surface area contributed by atoms with E-state index >= 15 is 0 Å². The van der Waals surface area contributed by atoms with Crippen molar-refractivity contribution in [3.05, 3.63) is 35.4 Å². The molecule has 4 rings (SSSR count). The van der Waals surface area contributed by atoms with Crippen LogP contribution in [0.3, 0.4) is 0 Å². The maximum Gasteiger partial charge on any atom is 0.254 e. The maximum absolute atomic E-state index is 13.7. The zero-order chi connectivity index (χ0) is 19.6. The maximum atomic E-state index is 13.7. The number of nitrogens with zero attached hydrogens (tertiary/aromatic N) is 1. The largest absolute Gasteiger partial charge is 0.353 e. The van der Waals surface area contributed by atoms with Crippen molar-refractivity contribution in [2.24, 2.45) is 0 Å². The Morgan fingerprint density at radius 3 is 2.54 bits per heavy atom. The molecule has 1 spiro atoms. The molecule has 2 fully saturated rings. The third-order valence-electron chi connectivity index (χ3n) is 7.24. The molecule has 4 nitrogen and oxygen atoms in total. The van der Waals surface area contributed by atoms with Crippen LogP contribution in [0, 0.1) is 0 Å².